The van der Waals surface area contributed by atoms with Crippen LogP contribution in [0, 0.1) is 10.1 Å². The first-order valence-corrected chi connectivity index (χ1v) is 8.93. The fourth-order valence-electron chi connectivity index (χ4n) is 2.63. The molecule has 2 aromatic carbocycles. The Morgan fingerprint density at radius 1 is 1.11 bits per heavy atom. The molecule has 27 heavy (non-hydrogen) atoms. The van der Waals surface area contributed by atoms with Crippen molar-refractivity contribution in [1.82, 2.24) is 10.6 Å². The van der Waals surface area contributed by atoms with Gasteiger partial charge in [-0.25, -0.2) is 0 Å². The van der Waals surface area contributed by atoms with Crippen LogP contribution in [0.4, 0.5) is 5.69 Å². The highest BCUT2D eigenvalue weighted by Gasteiger charge is 2.04. The van der Waals surface area contributed by atoms with Crippen molar-refractivity contribution in [2.45, 2.75) is 25.8 Å². The van der Waals surface area contributed by atoms with E-state index in [9.17, 15) is 10.1 Å². The Morgan fingerprint density at radius 3 is 2.56 bits per heavy atom. The van der Waals surface area contributed by atoms with E-state index in [0.29, 0.717) is 6.54 Å². The molecule has 0 amide bonds. The maximum atomic E-state index is 10.7. The first kappa shape index (κ1) is 20.2. The molecule has 7 heteroatoms. The number of aliphatic imine (C=N–C) groups is 1. The standard InChI is InChI=1S/C20H26N4O3/c1-21-20(23-15-17-7-5-8-19(14-17)27-2)22-13-4-3-6-16-9-11-18(12-10-16)24(25)26/h5,7-12,14H,3-4,6,13,15H2,1-2H3,(H2,21,22,23). The van der Waals surface area contributed by atoms with Gasteiger partial charge in [0.2, 0.25) is 0 Å². The summed E-state index contributed by atoms with van der Waals surface area (Å²) in [7, 11) is 3.40. The van der Waals surface area contributed by atoms with Crippen LogP contribution in [-0.4, -0.2) is 31.6 Å². The summed E-state index contributed by atoms with van der Waals surface area (Å²) < 4.78 is 5.23. The summed E-state index contributed by atoms with van der Waals surface area (Å²) in [5.74, 6) is 1.59. The summed E-state index contributed by atoms with van der Waals surface area (Å²) in [6, 6.07) is 14.7. The third-order valence-electron chi connectivity index (χ3n) is 4.15. The zero-order valence-corrected chi connectivity index (χ0v) is 15.8. The van der Waals surface area contributed by atoms with Crippen molar-refractivity contribution in [3.63, 3.8) is 0 Å². The molecule has 0 heterocycles. The number of nitro benzene ring substituents is 1. The van der Waals surface area contributed by atoms with Gasteiger partial charge < -0.3 is 15.4 Å². The molecule has 0 saturated carbocycles. The fraction of sp³-hybridized carbons (Fsp3) is 0.350. The third kappa shape index (κ3) is 6.97. The van der Waals surface area contributed by atoms with Crippen LogP contribution in [-0.2, 0) is 13.0 Å². The summed E-state index contributed by atoms with van der Waals surface area (Å²) in [6.45, 7) is 1.48. The number of nitrogens with zero attached hydrogens (tertiary/aromatic N) is 2. The van der Waals surface area contributed by atoms with Crippen LogP contribution < -0.4 is 15.4 Å². The van der Waals surface area contributed by atoms with Crippen molar-refractivity contribution in [1.29, 1.82) is 0 Å². The number of nitro groups is 1. The Bertz CT molecular complexity index is 760. The Balaban J connectivity index is 1.66. The highest BCUT2D eigenvalue weighted by molar-refractivity contribution is 5.79. The lowest BCUT2D eigenvalue weighted by Gasteiger charge is -2.12. The number of nitrogens with one attached hydrogen (secondary N) is 2. The third-order valence-corrected chi connectivity index (χ3v) is 4.15. The molecule has 2 aromatic rings. The van der Waals surface area contributed by atoms with Crippen LogP contribution in [0.3, 0.4) is 0 Å². The van der Waals surface area contributed by atoms with E-state index in [4.69, 9.17) is 4.74 Å². The molecule has 0 aliphatic carbocycles. The summed E-state index contributed by atoms with van der Waals surface area (Å²) in [6.07, 6.45) is 2.88. The molecule has 0 bridgehead atoms. The van der Waals surface area contributed by atoms with Gasteiger partial charge in [-0.2, -0.15) is 0 Å². The number of ether oxygens (including phenoxy) is 1. The van der Waals surface area contributed by atoms with Gasteiger partial charge >= 0.3 is 0 Å². The maximum absolute atomic E-state index is 10.7. The van der Waals surface area contributed by atoms with Gasteiger partial charge in [0.05, 0.1) is 12.0 Å². The van der Waals surface area contributed by atoms with Crippen molar-refractivity contribution in [2.24, 2.45) is 4.99 Å². The second-order valence-corrected chi connectivity index (χ2v) is 6.08. The number of guanidine groups is 1. The van der Waals surface area contributed by atoms with Crippen molar-refractivity contribution in [3.8, 4) is 5.75 Å². The summed E-state index contributed by atoms with van der Waals surface area (Å²) in [5.41, 5.74) is 2.36. The number of methoxy groups -OCH3 is 1. The number of hydrogen-bond donors (Lipinski definition) is 2. The average molecular weight is 370 g/mol. The maximum Gasteiger partial charge on any atom is 0.269 e. The zero-order chi connectivity index (χ0) is 19.5. The SMILES string of the molecule is CN=C(NCCCCc1ccc([N+](=O)[O-])cc1)NCc1cccc(OC)c1. The van der Waals surface area contributed by atoms with Crippen molar-refractivity contribution in [2.75, 3.05) is 20.7 Å². The molecule has 0 aromatic heterocycles. The van der Waals surface area contributed by atoms with Gasteiger partial charge in [-0.15, -0.1) is 0 Å². The molecule has 2 rings (SSSR count). The van der Waals surface area contributed by atoms with E-state index in [1.165, 1.54) is 0 Å². The lowest BCUT2D eigenvalue weighted by molar-refractivity contribution is -0.384. The molecular formula is C20H26N4O3. The van der Waals surface area contributed by atoms with Crippen LogP contribution in [0.2, 0.25) is 0 Å². The largest absolute Gasteiger partial charge is 0.497 e. The summed E-state index contributed by atoms with van der Waals surface area (Å²) in [5, 5.41) is 17.2. The van der Waals surface area contributed by atoms with Crippen molar-refractivity contribution >= 4 is 11.6 Å². The highest BCUT2D eigenvalue weighted by Crippen LogP contribution is 2.14. The van der Waals surface area contributed by atoms with E-state index in [0.717, 1.165) is 48.6 Å². The predicted octanol–water partition coefficient (Wildman–Crippen LogP) is 3.29. The summed E-state index contributed by atoms with van der Waals surface area (Å²) in [4.78, 5) is 14.5. The molecule has 0 saturated heterocycles. The van der Waals surface area contributed by atoms with Crippen LogP contribution in [0.25, 0.3) is 0 Å². The monoisotopic (exact) mass is 370 g/mol. The molecule has 0 fully saturated rings. The normalized spacial score (nSPS) is 11.1. The van der Waals surface area contributed by atoms with Gasteiger partial charge in [0, 0.05) is 32.3 Å². The molecular weight excluding hydrogens is 344 g/mol. The molecule has 2 N–H and O–H groups in total. The highest BCUT2D eigenvalue weighted by atomic mass is 16.6. The van der Waals surface area contributed by atoms with E-state index in [1.54, 1.807) is 26.3 Å². The van der Waals surface area contributed by atoms with Crippen LogP contribution in [0.5, 0.6) is 5.75 Å². The number of benzene rings is 2. The van der Waals surface area contributed by atoms with E-state index in [1.807, 2.05) is 36.4 Å². The van der Waals surface area contributed by atoms with E-state index in [2.05, 4.69) is 15.6 Å². The second-order valence-electron chi connectivity index (χ2n) is 6.08. The van der Waals surface area contributed by atoms with E-state index >= 15 is 0 Å². The van der Waals surface area contributed by atoms with E-state index in [-0.39, 0.29) is 10.6 Å². The van der Waals surface area contributed by atoms with Gasteiger partial charge in [-0.1, -0.05) is 24.3 Å². The van der Waals surface area contributed by atoms with Crippen molar-refractivity contribution in [3.05, 3.63) is 69.8 Å². The number of aryl methyl sites for hydroxylation is 1. The lowest BCUT2D eigenvalue weighted by Crippen LogP contribution is -2.37. The zero-order valence-electron chi connectivity index (χ0n) is 15.8. The van der Waals surface area contributed by atoms with Crippen LogP contribution in [0.1, 0.15) is 24.0 Å². The predicted molar refractivity (Wildman–Crippen MR) is 107 cm³/mol. The van der Waals surface area contributed by atoms with Gasteiger partial charge in [0.15, 0.2) is 5.96 Å². The lowest BCUT2D eigenvalue weighted by atomic mass is 10.1. The molecule has 7 nitrogen and oxygen atoms in total. The van der Waals surface area contributed by atoms with Gasteiger partial charge in [-0.3, -0.25) is 15.1 Å². The Hall–Kier alpha value is -3.09. The molecule has 0 unspecified atom stereocenters. The number of non-ortho nitro benzene ring substituents is 1. The molecule has 0 aliphatic heterocycles. The molecule has 0 aliphatic rings. The molecule has 0 radical (unpaired) electrons. The summed E-state index contributed by atoms with van der Waals surface area (Å²) >= 11 is 0. The first-order chi connectivity index (χ1) is 13.1. The number of unbranched alkanes of at least 4 members (excludes halogenated alkanes) is 1. The van der Waals surface area contributed by atoms with Crippen LogP contribution in [0.15, 0.2) is 53.5 Å². The number of rotatable bonds is 9. The van der Waals surface area contributed by atoms with Gasteiger partial charge in [0.1, 0.15) is 5.75 Å². The van der Waals surface area contributed by atoms with Crippen LogP contribution >= 0.6 is 0 Å². The average Bonchev–Trinajstić information content (AvgIpc) is 2.70. The second kappa shape index (κ2) is 10.8. The minimum atomic E-state index is -0.377. The quantitative estimate of drug-likeness (QED) is 0.232. The smallest absolute Gasteiger partial charge is 0.269 e. The minimum Gasteiger partial charge on any atom is -0.497 e. The molecule has 144 valence electrons. The Labute approximate surface area is 159 Å². The van der Waals surface area contributed by atoms with Gasteiger partial charge in [0.25, 0.3) is 5.69 Å². The topological polar surface area (TPSA) is 88.8 Å². The molecule has 0 atom stereocenters. The van der Waals surface area contributed by atoms with Gasteiger partial charge in [-0.05, 0) is 42.5 Å². The fourth-order valence-corrected chi connectivity index (χ4v) is 2.63. The van der Waals surface area contributed by atoms with E-state index < -0.39 is 0 Å². The molecule has 0 spiro atoms. The Morgan fingerprint density at radius 2 is 1.89 bits per heavy atom. The number of hydrogen-bond acceptors (Lipinski definition) is 4. The minimum absolute atomic E-state index is 0.131. The first-order valence-electron chi connectivity index (χ1n) is 8.93. The van der Waals surface area contributed by atoms with Crippen molar-refractivity contribution < 1.29 is 9.66 Å². The Kier molecular flexibility index (Phi) is 8.09.